The molecule has 0 saturated heterocycles. The van der Waals surface area contributed by atoms with Crippen molar-refractivity contribution in [2.24, 2.45) is 5.92 Å². The molecule has 0 bridgehead atoms. The van der Waals surface area contributed by atoms with E-state index in [2.05, 4.69) is 43.8 Å². The Hall–Kier alpha value is -1.55. The van der Waals surface area contributed by atoms with Gasteiger partial charge in [-0.05, 0) is 25.3 Å². The van der Waals surface area contributed by atoms with E-state index in [0.717, 1.165) is 12.8 Å². The summed E-state index contributed by atoms with van der Waals surface area (Å²) < 4.78 is 0. The van der Waals surface area contributed by atoms with Crippen LogP contribution in [0.5, 0.6) is 0 Å². The summed E-state index contributed by atoms with van der Waals surface area (Å²) in [5.74, 6) is -0.0631. The molecule has 1 unspecified atom stereocenters. The highest BCUT2D eigenvalue weighted by molar-refractivity contribution is 5.34. The van der Waals surface area contributed by atoms with E-state index in [1.54, 1.807) is 0 Å². The number of rotatable bonds is 3. The number of nitrogens with zero attached hydrogens (tertiary/aromatic N) is 1. The molecule has 88 valence electrons. The van der Waals surface area contributed by atoms with Crippen molar-refractivity contribution in [1.82, 2.24) is 0 Å². The molecule has 0 N–H and O–H groups in total. The highest BCUT2D eigenvalue weighted by Crippen LogP contribution is 2.47. The Morgan fingerprint density at radius 3 is 2.65 bits per heavy atom. The summed E-state index contributed by atoms with van der Waals surface area (Å²) in [6, 6.07) is 11.1. The fourth-order valence-electron chi connectivity index (χ4n) is 3.14. The fraction of sp³-hybridized carbons (Fsp3) is 0.438. The molecule has 0 radical (unpaired) electrons. The minimum absolute atomic E-state index is 0.0164. The summed E-state index contributed by atoms with van der Waals surface area (Å²) in [5.41, 5.74) is 2.61. The zero-order valence-electron chi connectivity index (χ0n) is 10.4. The van der Waals surface area contributed by atoms with Gasteiger partial charge in [-0.15, -0.1) is 6.58 Å². The van der Waals surface area contributed by atoms with Gasteiger partial charge in [-0.2, -0.15) is 5.26 Å². The topological polar surface area (TPSA) is 23.8 Å². The normalized spacial score (nSPS) is 19.5. The van der Waals surface area contributed by atoms with Gasteiger partial charge in [-0.1, -0.05) is 48.7 Å². The highest BCUT2D eigenvalue weighted by Gasteiger charge is 2.41. The number of benzene rings is 1. The molecular weight excluding hydrogens is 206 g/mol. The standard InChI is InChI=1S/C16H19N/c1-3-14(12-17)16(9-4-5-10-16)15-8-6-7-13(2)11-15/h3,6-8,11,14H,1,4-5,9-10H2,2H3. The van der Waals surface area contributed by atoms with Gasteiger partial charge in [0.1, 0.15) is 0 Å². The quantitative estimate of drug-likeness (QED) is 0.709. The van der Waals surface area contributed by atoms with Gasteiger partial charge in [0.2, 0.25) is 0 Å². The van der Waals surface area contributed by atoms with E-state index >= 15 is 0 Å². The SMILES string of the molecule is C=CC(C#N)C1(c2cccc(C)c2)CCCC1. The van der Waals surface area contributed by atoms with Crippen molar-refractivity contribution >= 4 is 0 Å². The molecular formula is C16H19N. The zero-order valence-corrected chi connectivity index (χ0v) is 10.4. The van der Waals surface area contributed by atoms with Gasteiger partial charge in [-0.3, -0.25) is 0 Å². The Labute approximate surface area is 104 Å². The van der Waals surface area contributed by atoms with Crippen LogP contribution in [0.15, 0.2) is 36.9 Å². The molecule has 1 saturated carbocycles. The van der Waals surface area contributed by atoms with Crippen LogP contribution >= 0.6 is 0 Å². The van der Waals surface area contributed by atoms with Gasteiger partial charge in [0.25, 0.3) is 0 Å². The van der Waals surface area contributed by atoms with E-state index < -0.39 is 0 Å². The number of allylic oxidation sites excluding steroid dienone is 1. The lowest BCUT2D eigenvalue weighted by atomic mass is 9.69. The lowest BCUT2D eigenvalue weighted by Gasteiger charge is -2.33. The second kappa shape index (κ2) is 4.75. The first-order chi connectivity index (χ1) is 8.23. The van der Waals surface area contributed by atoms with Crippen LogP contribution in [-0.2, 0) is 5.41 Å². The van der Waals surface area contributed by atoms with E-state index in [-0.39, 0.29) is 11.3 Å². The molecule has 17 heavy (non-hydrogen) atoms. The van der Waals surface area contributed by atoms with Crippen molar-refractivity contribution < 1.29 is 0 Å². The number of nitriles is 1. The van der Waals surface area contributed by atoms with Crippen LogP contribution in [0, 0.1) is 24.2 Å². The molecule has 0 heterocycles. The molecule has 0 spiro atoms. The maximum atomic E-state index is 9.36. The third-order valence-corrected chi connectivity index (χ3v) is 4.06. The van der Waals surface area contributed by atoms with Crippen molar-refractivity contribution in [2.75, 3.05) is 0 Å². The van der Waals surface area contributed by atoms with Gasteiger partial charge in [0.15, 0.2) is 0 Å². The molecule has 1 heteroatoms. The summed E-state index contributed by atoms with van der Waals surface area (Å²) in [7, 11) is 0. The van der Waals surface area contributed by atoms with E-state index in [1.165, 1.54) is 24.0 Å². The van der Waals surface area contributed by atoms with E-state index in [0.29, 0.717) is 0 Å². The lowest BCUT2D eigenvalue weighted by molar-refractivity contribution is 0.380. The monoisotopic (exact) mass is 225 g/mol. The Morgan fingerprint density at radius 2 is 2.12 bits per heavy atom. The molecule has 0 amide bonds. The number of hydrogen-bond donors (Lipinski definition) is 0. The summed E-state index contributed by atoms with van der Waals surface area (Å²) >= 11 is 0. The second-order valence-electron chi connectivity index (χ2n) is 5.08. The lowest BCUT2D eigenvalue weighted by Crippen LogP contribution is -2.30. The molecule has 0 aliphatic heterocycles. The summed E-state index contributed by atoms with van der Waals surface area (Å²) in [5, 5.41) is 9.36. The molecule has 1 aromatic rings. The maximum absolute atomic E-state index is 9.36. The van der Waals surface area contributed by atoms with Crippen LogP contribution in [-0.4, -0.2) is 0 Å². The average molecular weight is 225 g/mol. The second-order valence-corrected chi connectivity index (χ2v) is 5.08. The van der Waals surface area contributed by atoms with E-state index in [1.807, 2.05) is 6.08 Å². The first kappa shape index (κ1) is 11.9. The minimum Gasteiger partial charge on any atom is -0.198 e. The molecule has 0 aromatic heterocycles. The van der Waals surface area contributed by atoms with Crippen LogP contribution < -0.4 is 0 Å². The molecule has 1 aliphatic rings. The third-order valence-electron chi connectivity index (χ3n) is 4.06. The molecule has 1 nitrogen and oxygen atoms in total. The fourth-order valence-corrected chi connectivity index (χ4v) is 3.14. The molecule has 1 aromatic carbocycles. The minimum atomic E-state index is -0.0631. The molecule has 1 fully saturated rings. The predicted octanol–water partition coefficient (Wildman–Crippen LogP) is 4.13. The van der Waals surface area contributed by atoms with Crippen LogP contribution in [0.3, 0.4) is 0 Å². The van der Waals surface area contributed by atoms with Crippen LogP contribution in [0.25, 0.3) is 0 Å². The van der Waals surface area contributed by atoms with Crippen molar-refractivity contribution in [2.45, 2.75) is 38.0 Å². The van der Waals surface area contributed by atoms with Crippen LogP contribution in [0.4, 0.5) is 0 Å². The third kappa shape index (κ3) is 2.00. The van der Waals surface area contributed by atoms with Crippen molar-refractivity contribution in [3.05, 3.63) is 48.0 Å². The van der Waals surface area contributed by atoms with Gasteiger partial charge in [-0.25, -0.2) is 0 Å². The van der Waals surface area contributed by atoms with Gasteiger partial charge >= 0.3 is 0 Å². The Bertz CT molecular complexity index is 447. The van der Waals surface area contributed by atoms with Crippen LogP contribution in [0.1, 0.15) is 36.8 Å². The van der Waals surface area contributed by atoms with Gasteiger partial charge in [0, 0.05) is 5.41 Å². The average Bonchev–Trinajstić information content (AvgIpc) is 2.81. The Kier molecular flexibility index (Phi) is 3.33. The summed E-state index contributed by atoms with van der Waals surface area (Å²) in [6.07, 6.45) is 6.50. The first-order valence-corrected chi connectivity index (χ1v) is 6.32. The Balaban J connectivity index is 2.48. The summed E-state index contributed by atoms with van der Waals surface area (Å²) in [4.78, 5) is 0. The smallest absolute Gasteiger partial charge is 0.0737 e. The number of aryl methyl sites for hydroxylation is 1. The van der Waals surface area contributed by atoms with Gasteiger partial charge < -0.3 is 0 Å². The van der Waals surface area contributed by atoms with Crippen LogP contribution in [0.2, 0.25) is 0 Å². The highest BCUT2D eigenvalue weighted by atomic mass is 14.5. The van der Waals surface area contributed by atoms with E-state index in [9.17, 15) is 5.26 Å². The maximum Gasteiger partial charge on any atom is 0.0737 e. The molecule has 1 aliphatic carbocycles. The van der Waals surface area contributed by atoms with E-state index in [4.69, 9.17) is 0 Å². The summed E-state index contributed by atoms with van der Waals surface area (Å²) in [6.45, 7) is 5.96. The molecule has 1 atom stereocenters. The number of hydrogen-bond acceptors (Lipinski definition) is 1. The van der Waals surface area contributed by atoms with Crippen molar-refractivity contribution in [1.29, 1.82) is 5.26 Å². The molecule has 2 rings (SSSR count). The predicted molar refractivity (Wildman–Crippen MR) is 70.6 cm³/mol. The van der Waals surface area contributed by atoms with Crippen molar-refractivity contribution in [3.63, 3.8) is 0 Å². The Morgan fingerprint density at radius 1 is 1.41 bits per heavy atom. The zero-order chi connectivity index (χ0) is 12.3. The first-order valence-electron chi connectivity index (χ1n) is 6.32. The largest absolute Gasteiger partial charge is 0.198 e. The van der Waals surface area contributed by atoms with Crippen molar-refractivity contribution in [3.8, 4) is 6.07 Å². The van der Waals surface area contributed by atoms with Gasteiger partial charge in [0.05, 0.1) is 12.0 Å².